The maximum absolute atomic E-state index is 13.3. The van der Waals surface area contributed by atoms with E-state index in [-0.39, 0.29) is 29.5 Å². The van der Waals surface area contributed by atoms with Crippen LogP contribution in [0.25, 0.3) is 0 Å². The molecule has 0 spiro atoms. The van der Waals surface area contributed by atoms with E-state index in [2.05, 4.69) is 15.6 Å². The molecule has 0 unspecified atom stereocenters. The molecule has 1 fully saturated rings. The molecule has 5 nitrogen and oxygen atoms in total. The van der Waals surface area contributed by atoms with Crippen molar-refractivity contribution >= 4 is 35.8 Å². The first-order chi connectivity index (χ1) is 9.16. The highest BCUT2D eigenvalue weighted by Crippen LogP contribution is 2.17. The molecule has 0 aromatic heterocycles. The third-order valence-electron chi connectivity index (χ3n) is 2.73. The van der Waals surface area contributed by atoms with Gasteiger partial charge in [0.15, 0.2) is 5.96 Å². The topological polar surface area (TPSA) is 79.5 Å². The van der Waals surface area contributed by atoms with Gasteiger partial charge in [-0.05, 0) is 25.0 Å². The predicted molar refractivity (Wildman–Crippen MR) is 86.8 cm³/mol. The number of rotatable bonds is 5. The quantitative estimate of drug-likeness (QED) is 0.305. The summed E-state index contributed by atoms with van der Waals surface area (Å²) < 4.78 is 13.3. The van der Waals surface area contributed by atoms with Crippen LogP contribution in [-0.4, -0.2) is 31.0 Å². The van der Waals surface area contributed by atoms with Crippen LogP contribution in [0.4, 0.5) is 4.39 Å². The molecule has 2 rings (SSSR count). The van der Waals surface area contributed by atoms with E-state index in [9.17, 15) is 9.18 Å². The summed E-state index contributed by atoms with van der Waals surface area (Å²) in [5.41, 5.74) is 5.67. The summed E-state index contributed by atoms with van der Waals surface area (Å²) in [6, 6.07) is 6.31. The molecule has 0 saturated heterocycles. The Morgan fingerprint density at radius 2 is 2.10 bits per heavy atom. The summed E-state index contributed by atoms with van der Waals surface area (Å²) >= 11 is 0. The van der Waals surface area contributed by atoms with Gasteiger partial charge < -0.3 is 16.4 Å². The van der Waals surface area contributed by atoms with Crippen LogP contribution in [0.5, 0.6) is 0 Å². The molecule has 20 heavy (non-hydrogen) atoms. The number of carbonyl (C=O) groups is 1. The number of hydrogen-bond acceptors (Lipinski definition) is 2. The van der Waals surface area contributed by atoms with Crippen molar-refractivity contribution in [3.8, 4) is 0 Å². The molecule has 1 saturated carbocycles. The van der Waals surface area contributed by atoms with Gasteiger partial charge >= 0.3 is 0 Å². The predicted octanol–water partition coefficient (Wildman–Crippen LogP) is 1.24. The highest BCUT2D eigenvalue weighted by atomic mass is 127. The fourth-order valence-electron chi connectivity index (χ4n) is 1.57. The molecular formula is C13H18FIN4O. The van der Waals surface area contributed by atoms with Crippen molar-refractivity contribution in [2.45, 2.75) is 18.9 Å². The zero-order valence-electron chi connectivity index (χ0n) is 10.9. The van der Waals surface area contributed by atoms with Crippen LogP contribution in [-0.2, 0) is 0 Å². The zero-order chi connectivity index (χ0) is 13.7. The summed E-state index contributed by atoms with van der Waals surface area (Å²) in [7, 11) is 0. The number of benzene rings is 1. The number of nitrogens with two attached hydrogens (primary N) is 1. The second-order valence-electron chi connectivity index (χ2n) is 4.42. The van der Waals surface area contributed by atoms with Crippen molar-refractivity contribution in [2.24, 2.45) is 10.7 Å². The number of guanidine groups is 1. The minimum absolute atomic E-state index is 0. The van der Waals surface area contributed by atoms with E-state index in [1.54, 1.807) is 12.1 Å². The molecule has 7 heteroatoms. The lowest BCUT2D eigenvalue weighted by Crippen LogP contribution is -2.34. The normalized spacial score (nSPS) is 14.3. The molecule has 0 bridgehead atoms. The monoisotopic (exact) mass is 392 g/mol. The van der Waals surface area contributed by atoms with Gasteiger partial charge in [0.1, 0.15) is 5.82 Å². The largest absolute Gasteiger partial charge is 0.370 e. The Hall–Kier alpha value is -1.38. The van der Waals surface area contributed by atoms with Gasteiger partial charge in [-0.3, -0.25) is 9.79 Å². The van der Waals surface area contributed by atoms with E-state index >= 15 is 0 Å². The van der Waals surface area contributed by atoms with Gasteiger partial charge in [0.25, 0.3) is 5.91 Å². The molecule has 0 heterocycles. The first-order valence-electron chi connectivity index (χ1n) is 6.26. The molecule has 1 aliphatic carbocycles. The number of amides is 1. The minimum Gasteiger partial charge on any atom is -0.370 e. The van der Waals surface area contributed by atoms with Crippen LogP contribution in [0.15, 0.2) is 29.3 Å². The molecule has 1 aromatic rings. The van der Waals surface area contributed by atoms with E-state index in [0.717, 1.165) is 12.8 Å². The molecule has 0 atom stereocenters. The molecule has 1 aliphatic rings. The molecule has 110 valence electrons. The molecule has 4 N–H and O–H groups in total. The Labute approximate surface area is 134 Å². The standard InChI is InChI=1S/C13H17FN4O.HI/c14-11-4-2-1-3-10(11)12(19)16-7-8-17-13(15)18-9-5-6-9;/h1-4,9H,5-8H2,(H,16,19)(H3,15,17,18);1H. The first kappa shape index (κ1) is 16.7. The highest BCUT2D eigenvalue weighted by molar-refractivity contribution is 14.0. The van der Waals surface area contributed by atoms with Crippen LogP contribution in [0.3, 0.4) is 0 Å². The van der Waals surface area contributed by atoms with Crippen LogP contribution >= 0.6 is 24.0 Å². The highest BCUT2D eigenvalue weighted by Gasteiger charge is 2.21. The summed E-state index contributed by atoms with van der Waals surface area (Å²) in [6.07, 6.45) is 2.25. The first-order valence-corrected chi connectivity index (χ1v) is 6.26. The van der Waals surface area contributed by atoms with E-state index in [0.29, 0.717) is 25.1 Å². The Balaban J connectivity index is 0.00000200. The number of nitrogens with one attached hydrogen (secondary N) is 2. The van der Waals surface area contributed by atoms with Crippen molar-refractivity contribution < 1.29 is 9.18 Å². The molecule has 0 aliphatic heterocycles. The third-order valence-corrected chi connectivity index (χ3v) is 2.73. The average Bonchev–Trinajstić information content (AvgIpc) is 3.19. The van der Waals surface area contributed by atoms with Gasteiger partial charge in [-0.1, -0.05) is 12.1 Å². The van der Waals surface area contributed by atoms with Crippen LogP contribution in [0, 0.1) is 5.82 Å². The molecular weight excluding hydrogens is 374 g/mol. The maximum atomic E-state index is 13.3. The van der Waals surface area contributed by atoms with Gasteiger partial charge in [0.2, 0.25) is 0 Å². The molecule has 1 aromatic carbocycles. The van der Waals surface area contributed by atoms with E-state index in [4.69, 9.17) is 5.73 Å². The zero-order valence-corrected chi connectivity index (χ0v) is 13.3. The number of nitrogens with zero attached hydrogens (tertiary/aromatic N) is 1. The van der Waals surface area contributed by atoms with Gasteiger partial charge in [-0.25, -0.2) is 4.39 Å². The Morgan fingerprint density at radius 1 is 1.40 bits per heavy atom. The summed E-state index contributed by atoms with van der Waals surface area (Å²) in [5.74, 6) is -0.580. The van der Waals surface area contributed by atoms with Gasteiger partial charge in [0.05, 0.1) is 12.1 Å². The summed E-state index contributed by atoms with van der Waals surface area (Å²) in [5, 5.41) is 5.63. The average molecular weight is 392 g/mol. The van der Waals surface area contributed by atoms with Crippen LogP contribution in [0.1, 0.15) is 23.2 Å². The maximum Gasteiger partial charge on any atom is 0.254 e. The van der Waals surface area contributed by atoms with E-state index in [1.807, 2.05) is 0 Å². The number of carbonyl (C=O) groups excluding carboxylic acids is 1. The number of halogens is 2. The lowest BCUT2D eigenvalue weighted by Gasteiger charge is -2.05. The van der Waals surface area contributed by atoms with Crippen molar-refractivity contribution in [1.82, 2.24) is 10.6 Å². The second kappa shape index (κ2) is 8.03. The van der Waals surface area contributed by atoms with Crippen LogP contribution in [0.2, 0.25) is 0 Å². The Morgan fingerprint density at radius 3 is 2.75 bits per heavy atom. The SMILES string of the molecule is I.NC(=NCCNC(=O)c1ccccc1F)NC1CC1. The van der Waals surface area contributed by atoms with Gasteiger partial charge in [-0.2, -0.15) is 0 Å². The summed E-state index contributed by atoms with van der Waals surface area (Å²) in [6.45, 7) is 0.686. The van der Waals surface area contributed by atoms with E-state index < -0.39 is 11.7 Å². The van der Waals surface area contributed by atoms with Crippen molar-refractivity contribution in [2.75, 3.05) is 13.1 Å². The second-order valence-corrected chi connectivity index (χ2v) is 4.42. The summed E-state index contributed by atoms with van der Waals surface area (Å²) in [4.78, 5) is 15.7. The minimum atomic E-state index is -0.529. The fraction of sp³-hybridized carbons (Fsp3) is 0.385. The number of hydrogen-bond donors (Lipinski definition) is 3. The van der Waals surface area contributed by atoms with Gasteiger partial charge in [-0.15, -0.1) is 24.0 Å². The molecule has 0 radical (unpaired) electrons. The fourth-order valence-corrected chi connectivity index (χ4v) is 1.57. The molecule has 1 amide bonds. The van der Waals surface area contributed by atoms with Gasteiger partial charge in [0, 0.05) is 12.6 Å². The Bertz CT molecular complexity index is 491. The number of aliphatic imine (C=N–C) groups is 1. The lowest BCUT2D eigenvalue weighted by atomic mass is 10.2. The van der Waals surface area contributed by atoms with E-state index in [1.165, 1.54) is 12.1 Å². The van der Waals surface area contributed by atoms with Crippen LogP contribution < -0.4 is 16.4 Å². The van der Waals surface area contributed by atoms with Crippen molar-refractivity contribution in [3.05, 3.63) is 35.6 Å². The smallest absolute Gasteiger partial charge is 0.254 e. The van der Waals surface area contributed by atoms with Crippen molar-refractivity contribution in [3.63, 3.8) is 0 Å². The van der Waals surface area contributed by atoms with Crippen molar-refractivity contribution in [1.29, 1.82) is 0 Å². The third kappa shape index (κ3) is 5.32. The Kier molecular flexibility index (Phi) is 6.69. The lowest BCUT2D eigenvalue weighted by molar-refractivity contribution is 0.0951.